The standard InChI is InChI=1S/C19H22N2O4/c1-23-16-6-3-14(4-7-16)19(22)20-17-13-15(5-8-18(17)24-2)21-9-11-25-12-10-21/h3-8,13H,9-12H2,1-2H3,(H,20,22). The van der Waals surface area contributed by atoms with Gasteiger partial charge in [0.2, 0.25) is 0 Å². The number of morpholine rings is 1. The number of carbonyl (C=O) groups is 1. The summed E-state index contributed by atoms with van der Waals surface area (Å²) in [6.45, 7) is 3.08. The Bertz CT molecular complexity index is 725. The Morgan fingerprint density at radius 3 is 2.40 bits per heavy atom. The lowest BCUT2D eigenvalue weighted by Crippen LogP contribution is -2.36. The summed E-state index contributed by atoms with van der Waals surface area (Å²) in [5, 5.41) is 2.93. The van der Waals surface area contributed by atoms with E-state index in [1.807, 2.05) is 18.2 Å². The van der Waals surface area contributed by atoms with E-state index in [1.165, 1.54) is 0 Å². The Labute approximate surface area is 147 Å². The zero-order valence-electron chi connectivity index (χ0n) is 14.5. The quantitative estimate of drug-likeness (QED) is 0.905. The average molecular weight is 342 g/mol. The van der Waals surface area contributed by atoms with E-state index in [0.717, 1.165) is 18.8 Å². The lowest BCUT2D eigenvalue weighted by molar-refractivity contribution is 0.102. The van der Waals surface area contributed by atoms with Crippen molar-refractivity contribution >= 4 is 17.3 Å². The maximum Gasteiger partial charge on any atom is 0.255 e. The summed E-state index contributed by atoms with van der Waals surface area (Å²) < 4.78 is 15.9. The Hall–Kier alpha value is -2.73. The molecule has 1 saturated heterocycles. The summed E-state index contributed by atoms with van der Waals surface area (Å²) in [6.07, 6.45) is 0. The topological polar surface area (TPSA) is 60.0 Å². The van der Waals surface area contributed by atoms with Crippen molar-refractivity contribution in [3.8, 4) is 11.5 Å². The Kier molecular flexibility index (Phi) is 5.40. The van der Waals surface area contributed by atoms with Crippen molar-refractivity contribution < 1.29 is 19.0 Å². The number of carbonyl (C=O) groups excluding carboxylic acids is 1. The number of benzene rings is 2. The Morgan fingerprint density at radius 2 is 1.76 bits per heavy atom. The number of rotatable bonds is 5. The number of methoxy groups -OCH3 is 2. The summed E-state index contributed by atoms with van der Waals surface area (Å²) >= 11 is 0. The molecule has 0 atom stereocenters. The van der Waals surface area contributed by atoms with E-state index >= 15 is 0 Å². The summed E-state index contributed by atoms with van der Waals surface area (Å²) in [6, 6.07) is 12.8. The van der Waals surface area contributed by atoms with Gasteiger partial charge < -0.3 is 24.4 Å². The van der Waals surface area contributed by atoms with Crippen LogP contribution in [0.2, 0.25) is 0 Å². The second-order valence-corrected chi connectivity index (χ2v) is 5.67. The lowest BCUT2D eigenvalue weighted by Gasteiger charge is -2.29. The van der Waals surface area contributed by atoms with Crippen LogP contribution in [0.15, 0.2) is 42.5 Å². The number of ether oxygens (including phenoxy) is 3. The molecule has 0 radical (unpaired) electrons. The van der Waals surface area contributed by atoms with E-state index in [2.05, 4.69) is 10.2 Å². The predicted octanol–water partition coefficient (Wildman–Crippen LogP) is 2.79. The molecule has 1 amide bonds. The third kappa shape index (κ3) is 4.03. The molecule has 0 unspecified atom stereocenters. The monoisotopic (exact) mass is 342 g/mol. The fraction of sp³-hybridized carbons (Fsp3) is 0.316. The third-order valence-electron chi connectivity index (χ3n) is 4.16. The smallest absolute Gasteiger partial charge is 0.255 e. The van der Waals surface area contributed by atoms with E-state index in [-0.39, 0.29) is 5.91 Å². The molecule has 6 nitrogen and oxygen atoms in total. The van der Waals surface area contributed by atoms with E-state index in [4.69, 9.17) is 14.2 Å². The molecule has 2 aromatic carbocycles. The Morgan fingerprint density at radius 1 is 1.04 bits per heavy atom. The van der Waals surface area contributed by atoms with E-state index < -0.39 is 0 Å². The molecule has 25 heavy (non-hydrogen) atoms. The zero-order valence-corrected chi connectivity index (χ0v) is 14.5. The number of nitrogens with one attached hydrogen (secondary N) is 1. The predicted molar refractivity (Wildman–Crippen MR) is 97.0 cm³/mol. The van der Waals surface area contributed by atoms with Gasteiger partial charge in [-0.2, -0.15) is 0 Å². The molecule has 1 fully saturated rings. The van der Waals surface area contributed by atoms with Crippen LogP contribution in [-0.2, 0) is 4.74 Å². The van der Waals surface area contributed by atoms with E-state index in [1.54, 1.807) is 38.5 Å². The van der Waals surface area contributed by atoms with Crippen LogP contribution in [-0.4, -0.2) is 46.4 Å². The number of nitrogens with zero attached hydrogens (tertiary/aromatic N) is 1. The number of hydrogen-bond donors (Lipinski definition) is 1. The van der Waals surface area contributed by atoms with Crippen LogP contribution in [0.4, 0.5) is 11.4 Å². The molecule has 3 rings (SSSR count). The molecule has 1 aliphatic heterocycles. The summed E-state index contributed by atoms with van der Waals surface area (Å²) in [5.41, 5.74) is 2.24. The van der Waals surface area contributed by atoms with Crippen LogP contribution in [0, 0.1) is 0 Å². The van der Waals surface area contributed by atoms with Gasteiger partial charge >= 0.3 is 0 Å². The highest BCUT2D eigenvalue weighted by Crippen LogP contribution is 2.30. The Balaban J connectivity index is 1.80. The van der Waals surface area contributed by atoms with E-state index in [9.17, 15) is 4.79 Å². The second kappa shape index (κ2) is 7.90. The highest BCUT2D eigenvalue weighted by Gasteiger charge is 2.15. The SMILES string of the molecule is COc1ccc(C(=O)Nc2cc(N3CCOCC3)ccc2OC)cc1. The molecule has 6 heteroatoms. The third-order valence-corrected chi connectivity index (χ3v) is 4.16. The van der Waals surface area contributed by atoms with Gasteiger partial charge in [0, 0.05) is 24.3 Å². The highest BCUT2D eigenvalue weighted by molar-refractivity contribution is 6.05. The maximum atomic E-state index is 12.5. The van der Waals surface area contributed by atoms with Gasteiger partial charge in [0.1, 0.15) is 11.5 Å². The molecule has 0 saturated carbocycles. The number of anilines is 2. The van der Waals surface area contributed by atoms with Crippen LogP contribution < -0.4 is 19.7 Å². The van der Waals surface area contributed by atoms with Gasteiger partial charge in [-0.05, 0) is 42.5 Å². The van der Waals surface area contributed by atoms with Gasteiger partial charge in [-0.1, -0.05) is 0 Å². The van der Waals surface area contributed by atoms with Crippen molar-refractivity contribution in [1.29, 1.82) is 0 Å². The first kappa shape index (κ1) is 17.1. The van der Waals surface area contributed by atoms with Gasteiger partial charge in [0.05, 0.1) is 33.1 Å². The minimum absolute atomic E-state index is 0.194. The van der Waals surface area contributed by atoms with Crippen molar-refractivity contribution in [2.24, 2.45) is 0 Å². The van der Waals surface area contributed by atoms with Crippen molar-refractivity contribution in [1.82, 2.24) is 0 Å². The van der Waals surface area contributed by atoms with Crippen LogP contribution >= 0.6 is 0 Å². The molecule has 1 N–H and O–H groups in total. The molecular formula is C19H22N2O4. The fourth-order valence-electron chi connectivity index (χ4n) is 2.75. The van der Waals surface area contributed by atoms with Gasteiger partial charge in [-0.3, -0.25) is 4.79 Å². The second-order valence-electron chi connectivity index (χ2n) is 5.67. The average Bonchev–Trinajstić information content (AvgIpc) is 2.68. The molecule has 0 aliphatic carbocycles. The van der Waals surface area contributed by atoms with Crippen molar-refractivity contribution in [2.75, 3.05) is 50.7 Å². The maximum absolute atomic E-state index is 12.5. The van der Waals surface area contributed by atoms with Crippen LogP contribution in [0.5, 0.6) is 11.5 Å². The van der Waals surface area contributed by atoms with Crippen LogP contribution in [0.25, 0.3) is 0 Å². The minimum Gasteiger partial charge on any atom is -0.497 e. The molecule has 2 aromatic rings. The van der Waals surface area contributed by atoms with Crippen molar-refractivity contribution in [2.45, 2.75) is 0 Å². The molecule has 1 aliphatic rings. The van der Waals surface area contributed by atoms with Gasteiger partial charge in [0.25, 0.3) is 5.91 Å². The molecule has 1 heterocycles. The minimum atomic E-state index is -0.194. The van der Waals surface area contributed by atoms with Crippen molar-refractivity contribution in [3.63, 3.8) is 0 Å². The number of hydrogen-bond acceptors (Lipinski definition) is 5. The van der Waals surface area contributed by atoms with Gasteiger partial charge in [0.15, 0.2) is 0 Å². The largest absolute Gasteiger partial charge is 0.497 e. The molecule has 0 aromatic heterocycles. The first-order valence-electron chi connectivity index (χ1n) is 8.17. The normalized spacial score (nSPS) is 14.1. The first-order valence-corrected chi connectivity index (χ1v) is 8.17. The highest BCUT2D eigenvalue weighted by atomic mass is 16.5. The van der Waals surface area contributed by atoms with Crippen molar-refractivity contribution in [3.05, 3.63) is 48.0 Å². The summed E-state index contributed by atoms with van der Waals surface area (Å²) in [7, 11) is 3.18. The zero-order chi connectivity index (χ0) is 17.6. The van der Waals surface area contributed by atoms with E-state index in [0.29, 0.717) is 36.0 Å². The fourth-order valence-corrected chi connectivity index (χ4v) is 2.75. The first-order chi connectivity index (χ1) is 12.2. The van der Waals surface area contributed by atoms with Crippen LogP contribution in [0.1, 0.15) is 10.4 Å². The van der Waals surface area contributed by atoms with Gasteiger partial charge in [-0.15, -0.1) is 0 Å². The van der Waals surface area contributed by atoms with Gasteiger partial charge in [-0.25, -0.2) is 0 Å². The summed E-state index contributed by atoms with van der Waals surface area (Å²) in [4.78, 5) is 14.8. The number of amides is 1. The lowest BCUT2D eigenvalue weighted by atomic mass is 10.2. The summed E-state index contributed by atoms with van der Waals surface area (Å²) in [5.74, 6) is 1.14. The molecular weight excluding hydrogens is 320 g/mol. The molecule has 132 valence electrons. The van der Waals surface area contributed by atoms with Crippen LogP contribution in [0.3, 0.4) is 0 Å². The molecule has 0 spiro atoms. The molecule has 0 bridgehead atoms.